The highest BCUT2D eigenvalue weighted by Gasteiger charge is 2.01. The van der Waals surface area contributed by atoms with Crippen LogP contribution < -0.4 is 10.6 Å². The average molecular weight is 237 g/mol. The Kier molecular flexibility index (Phi) is 5.66. The minimum Gasteiger partial charge on any atom is -0.369 e. The molecule has 0 saturated carbocycles. The van der Waals surface area contributed by atoms with Crippen molar-refractivity contribution in [1.82, 2.24) is 15.2 Å². The molecular formula is C12H23N5. The molecule has 1 heterocycles. The molecule has 17 heavy (non-hydrogen) atoms. The van der Waals surface area contributed by atoms with Crippen LogP contribution in [0, 0.1) is 11.8 Å². The fourth-order valence-corrected chi connectivity index (χ4v) is 1.25. The number of nitrogens with one attached hydrogen (secondary N) is 2. The van der Waals surface area contributed by atoms with Crippen molar-refractivity contribution in [1.29, 1.82) is 0 Å². The maximum Gasteiger partial charge on any atom is 0.244 e. The molecule has 0 bridgehead atoms. The van der Waals surface area contributed by atoms with Gasteiger partial charge in [0.05, 0.1) is 6.20 Å². The maximum atomic E-state index is 4.35. The molecule has 0 aliphatic heterocycles. The summed E-state index contributed by atoms with van der Waals surface area (Å²) in [6.07, 6.45) is 2.78. The third kappa shape index (κ3) is 6.04. The van der Waals surface area contributed by atoms with E-state index in [9.17, 15) is 0 Å². The molecule has 5 nitrogen and oxygen atoms in total. The standard InChI is InChI=1S/C12H23N5/c1-9(2)5-6-13-11-8-15-17-12(16-11)14-7-10(3)4/h8-10H,5-7H2,1-4H3,(H2,13,14,16,17). The molecular weight excluding hydrogens is 214 g/mol. The van der Waals surface area contributed by atoms with E-state index in [4.69, 9.17) is 0 Å². The van der Waals surface area contributed by atoms with Crippen LogP contribution in [-0.4, -0.2) is 28.3 Å². The molecule has 0 atom stereocenters. The van der Waals surface area contributed by atoms with Crippen LogP contribution in [-0.2, 0) is 0 Å². The van der Waals surface area contributed by atoms with Crippen LogP contribution in [0.15, 0.2) is 6.20 Å². The van der Waals surface area contributed by atoms with Crippen molar-refractivity contribution in [3.05, 3.63) is 6.20 Å². The van der Waals surface area contributed by atoms with E-state index in [0.717, 1.165) is 25.3 Å². The summed E-state index contributed by atoms with van der Waals surface area (Å²) in [5.41, 5.74) is 0. The lowest BCUT2D eigenvalue weighted by Crippen LogP contribution is -2.13. The molecule has 1 rings (SSSR count). The molecule has 0 saturated heterocycles. The fraction of sp³-hybridized carbons (Fsp3) is 0.750. The maximum absolute atomic E-state index is 4.35. The molecule has 2 N–H and O–H groups in total. The lowest BCUT2D eigenvalue weighted by molar-refractivity contribution is 0.606. The SMILES string of the molecule is CC(C)CCNc1cnnc(NCC(C)C)n1. The van der Waals surface area contributed by atoms with Gasteiger partial charge in [-0.15, -0.1) is 5.10 Å². The van der Waals surface area contributed by atoms with Crippen LogP contribution in [0.5, 0.6) is 0 Å². The van der Waals surface area contributed by atoms with Crippen LogP contribution >= 0.6 is 0 Å². The molecule has 0 fully saturated rings. The third-order valence-corrected chi connectivity index (χ3v) is 2.26. The van der Waals surface area contributed by atoms with Crippen LogP contribution in [0.25, 0.3) is 0 Å². The van der Waals surface area contributed by atoms with Crippen molar-refractivity contribution in [2.45, 2.75) is 34.1 Å². The summed E-state index contributed by atoms with van der Waals surface area (Å²) in [5.74, 6) is 2.63. The van der Waals surface area contributed by atoms with E-state index in [1.54, 1.807) is 6.20 Å². The number of aromatic nitrogens is 3. The van der Waals surface area contributed by atoms with Crippen molar-refractivity contribution >= 4 is 11.8 Å². The molecule has 1 aromatic rings. The Bertz CT molecular complexity index is 324. The van der Waals surface area contributed by atoms with Crippen molar-refractivity contribution < 1.29 is 0 Å². The van der Waals surface area contributed by atoms with Crippen molar-refractivity contribution in [2.24, 2.45) is 11.8 Å². The van der Waals surface area contributed by atoms with Gasteiger partial charge in [0.1, 0.15) is 5.82 Å². The van der Waals surface area contributed by atoms with E-state index in [-0.39, 0.29) is 0 Å². The predicted octanol–water partition coefficient (Wildman–Crippen LogP) is 2.40. The smallest absolute Gasteiger partial charge is 0.244 e. The Hall–Kier alpha value is -1.39. The molecule has 0 aliphatic carbocycles. The molecule has 96 valence electrons. The van der Waals surface area contributed by atoms with E-state index < -0.39 is 0 Å². The van der Waals surface area contributed by atoms with E-state index in [1.165, 1.54) is 0 Å². The van der Waals surface area contributed by atoms with E-state index >= 15 is 0 Å². The Morgan fingerprint density at radius 1 is 1.12 bits per heavy atom. The average Bonchev–Trinajstić information content (AvgIpc) is 2.26. The van der Waals surface area contributed by atoms with Gasteiger partial charge in [-0.25, -0.2) is 0 Å². The first kappa shape index (κ1) is 13.7. The summed E-state index contributed by atoms with van der Waals surface area (Å²) in [6, 6.07) is 0. The van der Waals surface area contributed by atoms with Gasteiger partial charge in [0.15, 0.2) is 0 Å². The molecule has 0 radical (unpaired) electrons. The van der Waals surface area contributed by atoms with Crippen LogP contribution in [0.3, 0.4) is 0 Å². The second kappa shape index (κ2) is 7.04. The zero-order valence-corrected chi connectivity index (χ0v) is 11.2. The Labute approximate surface area is 103 Å². The summed E-state index contributed by atoms with van der Waals surface area (Å²) in [4.78, 5) is 4.35. The molecule has 0 spiro atoms. The lowest BCUT2D eigenvalue weighted by Gasteiger charge is -2.09. The number of hydrogen-bond donors (Lipinski definition) is 2. The largest absolute Gasteiger partial charge is 0.369 e. The van der Waals surface area contributed by atoms with Gasteiger partial charge in [0.25, 0.3) is 0 Å². The summed E-state index contributed by atoms with van der Waals surface area (Å²) in [5, 5.41) is 14.3. The van der Waals surface area contributed by atoms with Gasteiger partial charge in [-0.3, -0.25) is 0 Å². The number of anilines is 2. The monoisotopic (exact) mass is 237 g/mol. The highest BCUT2D eigenvalue weighted by Crippen LogP contribution is 2.06. The minimum absolute atomic E-state index is 0.566. The van der Waals surface area contributed by atoms with E-state index in [1.807, 2.05) is 0 Å². The predicted molar refractivity (Wildman–Crippen MR) is 71.1 cm³/mol. The summed E-state index contributed by atoms with van der Waals surface area (Å²) in [6.45, 7) is 10.5. The first-order chi connectivity index (χ1) is 8.08. The first-order valence-electron chi connectivity index (χ1n) is 6.25. The Morgan fingerprint density at radius 2 is 1.88 bits per heavy atom. The second-order valence-electron chi connectivity index (χ2n) is 5.05. The summed E-state index contributed by atoms with van der Waals surface area (Å²) in [7, 11) is 0. The molecule has 0 amide bonds. The number of rotatable bonds is 7. The molecule has 1 aromatic heterocycles. The molecule has 0 aliphatic rings. The zero-order valence-electron chi connectivity index (χ0n) is 11.2. The Balaban J connectivity index is 2.42. The molecule has 0 unspecified atom stereocenters. The van der Waals surface area contributed by atoms with E-state index in [2.05, 4.69) is 53.5 Å². The van der Waals surface area contributed by atoms with Gasteiger partial charge >= 0.3 is 0 Å². The summed E-state index contributed by atoms with van der Waals surface area (Å²) < 4.78 is 0. The minimum atomic E-state index is 0.566. The quantitative estimate of drug-likeness (QED) is 0.762. The van der Waals surface area contributed by atoms with Crippen LogP contribution in [0.1, 0.15) is 34.1 Å². The van der Waals surface area contributed by atoms with E-state index in [0.29, 0.717) is 17.8 Å². The van der Waals surface area contributed by atoms with Crippen molar-refractivity contribution in [3.8, 4) is 0 Å². The van der Waals surface area contributed by atoms with Gasteiger partial charge in [-0.2, -0.15) is 10.1 Å². The highest BCUT2D eigenvalue weighted by atomic mass is 15.3. The lowest BCUT2D eigenvalue weighted by atomic mass is 10.1. The summed E-state index contributed by atoms with van der Waals surface area (Å²) >= 11 is 0. The third-order valence-electron chi connectivity index (χ3n) is 2.26. The first-order valence-corrected chi connectivity index (χ1v) is 6.25. The van der Waals surface area contributed by atoms with Gasteiger partial charge in [0, 0.05) is 13.1 Å². The highest BCUT2D eigenvalue weighted by molar-refractivity contribution is 5.36. The Morgan fingerprint density at radius 3 is 2.53 bits per heavy atom. The topological polar surface area (TPSA) is 62.7 Å². The van der Waals surface area contributed by atoms with Gasteiger partial charge in [-0.1, -0.05) is 27.7 Å². The number of nitrogens with zero attached hydrogens (tertiary/aromatic N) is 3. The van der Waals surface area contributed by atoms with Gasteiger partial charge < -0.3 is 10.6 Å². The second-order valence-corrected chi connectivity index (χ2v) is 5.05. The van der Waals surface area contributed by atoms with Gasteiger partial charge in [-0.05, 0) is 18.3 Å². The number of hydrogen-bond acceptors (Lipinski definition) is 5. The van der Waals surface area contributed by atoms with Crippen molar-refractivity contribution in [2.75, 3.05) is 23.7 Å². The van der Waals surface area contributed by atoms with Crippen LogP contribution in [0.2, 0.25) is 0 Å². The fourth-order valence-electron chi connectivity index (χ4n) is 1.25. The zero-order chi connectivity index (χ0) is 12.7. The molecule has 0 aromatic carbocycles. The van der Waals surface area contributed by atoms with Crippen LogP contribution in [0.4, 0.5) is 11.8 Å². The molecule has 5 heteroatoms. The normalized spacial score (nSPS) is 10.9. The van der Waals surface area contributed by atoms with Crippen molar-refractivity contribution in [3.63, 3.8) is 0 Å². The van der Waals surface area contributed by atoms with Gasteiger partial charge in [0.2, 0.25) is 5.95 Å².